The third kappa shape index (κ3) is 2.47. The Bertz CT molecular complexity index is 848. The number of halogens is 1. The molecule has 3 aromatic rings. The molecule has 1 aliphatic rings. The first kappa shape index (κ1) is 14.2. The molecule has 0 aliphatic heterocycles. The highest BCUT2D eigenvalue weighted by molar-refractivity contribution is 6.30. The van der Waals surface area contributed by atoms with E-state index in [1.807, 2.05) is 54.6 Å². The summed E-state index contributed by atoms with van der Waals surface area (Å²) in [6, 6.07) is 23.8. The Morgan fingerprint density at radius 3 is 2.00 bits per heavy atom. The van der Waals surface area contributed by atoms with Crippen molar-refractivity contribution < 1.29 is 4.79 Å². The Balaban J connectivity index is 1.86. The van der Waals surface area contributed by atoms with Gasteiger partial charge in [0.2, 0.25) is 0 Å². The third-order valence-corrected chi connectivity index (χ3v) is 4.73. The molecule has 0 saturated heterocycles. The van der Waals surface area contributed by atoms with Gasteiger partial charge in [-0.2, -0.15) is 0 Å². The van der Waals surface area contributed by atoms with Gasteiger partial charge in [0, 0.05) is 22.1 Å². The summed E-state index contributed by atoms with van der Waals surface area (Å²) in [5, 5.41) is 0.746. The fraction of sp³-hybridized carbons (Fsp3) is 0.0952. The minimum atomic E-state index is 0.124. The minimum Gasteiger partial charge on any atom is -0.289 e. The predicted octanol–water partition coefficient (Wildman–Crippen LogP) is 5.26. The van der Waals surface area contributed by atoms with Crippen LogP contribution in [0.2, 0.25) is 5.02 Å². The first-order valence-corrected chi connectivity index (χ1v) is 8.09. The van der Waals surface area contributed by atoms with Crippen molar-refractivity contribution in [3.63, 3.8) is 0 Å². The quantitative estimate of drug-likeness (QED) is 0.630. The van der Waals surface area contributed by atoms with E-state index in [1.54, 1.807) is 0 Å². The van der Waals surface area contributed by atoms with Gasteiger partial charge in [0.05, 0.1) is 0 Å². The average molecular weight is 319 g/mol. The van der Waals surface area contributed by atoms with E-state index in [1.165, 1.54) is 5.56 Å². The highest BCUT2D eigenvalue weighted by Crippen LogP contribution is 2.38. The van der Waals surface area contributed by atoms with Gasteiger partial charge in [0.15, 0.2) is 5.78 Å². The van der Waals surface area contributed by atoms with Crippen molar-refractivity contribution in [2.24, 2.45) is 0 Å². The molecule has 0 bridgehead atoms. The molecule has 0 N–H and O–H groups in total. The molecule has 0 atom stereocenters. The number of rotatable bonds is 2. The summed E-state index contributed by atoms with van der Waals surface area (Å²) in [6.45, 7) is 0. The highest BCUT2D eigenvalue weighted by atomic mass is 35.5. The van der Waals surface area contributed by atoms with Gasteiger partial charge < -0.3 is 0 Å². The molecule has 0 aromatic heterocycles. The van der Waals surface area contributed by atoms with Crippen molar-refractivity contribution in [2.45, 2.75) is 12.3 Å². The van der Waals surface area contributed by atoms with Gasteiger partial charge >= 0.3 is 0 Å². The normalized spacial score (nSPS) is 13.5. The molecule has 1 aliphatic carbocycles. The van der Waals surface area contributed by atoms with Crippen LogP contribution >= 0.6 is 11.6 Å². The monoisotopic (exact) mass is 318 g/mol. The standard InChI is InChI=1S/C21H15ClO/c22-15-7-5-6-14(12-15)13-20-16-8-1-3-10-18(16)21(23)19-11-4-2-9-17(19)20/h1-12,20H,13H2. The van der Waals surface area contributed by atoms with E-state index in [0.717, 1.165) is 33.7 Å². The minimum absolute atomic E-state index is 0.124. The van der Waals surface area contributed by atoms with E-state index in [9.17, 15) is 4.79 Å². The van der Waals surface area contributed by atoms with Crippen LogP contribution in [0.4, 0.5) is 0 Å². The van der Waals surface area contributed by atoms with Crippen LogP contribution < -0.4 is 0 Å². The average Bonchev–Trinajstić information content (AvgIpc) is 2.59. The van der Waals surface area contributed by atoms with Crippen LogP contribution in [0.1, 0.15) is 38.5 Å². The molecule has 112 valence electrons. The summed E-state index contributed by atoms with van der Waals surface area (Å²) in [7, 11) is 0. The number of ketones is 1. The molecule has 0 heterocycles. The Hall–Kier alpha value is -2.38. The zero-order valence-electron chi connectivity index (χ0n) is 12.5. The second-order valence-electron chi connectivity index (χ2n) is 5.89. The summed E-state index contributed by atoms with van der Waals surface area (Å²) in [6.07, 6.45) is 0.835. The molecule has 0 radical (unpaired) electrons. The Kier molecular flexibility index (Phi) is 3.51. The number of hydrogen-bond acceptors (Lipinski definition) is 1. The predicted molar refractivity (Wildman–Crippen MR) is 93.3 cm³/mol. The van der Waals surface area contributed by atoms with Crippen molar-refractivity contribution in [1.82, 2.24) is 0 Å². The van der Waals surface area contributed by atoms with Gasteiger partial charge in [0.25, 0.3) is 0 Å². The molecule has 23 heavy (non-hydrogen) atoms. The maximum absolute atomic E-state index is 12.7. The van der Waals surface area contributed by atoms with E-state index < -0.39 is 0 Å². The van der Waals surface area contributed by atoms with Crippen molar-refractivity contribution in [1.29, 1.82) is 0 Å². The lowest BCUT2D eigenvalue weighted by atomic mass is 9.75. The van der Waals surface area contributed by atoms with Crippen LogP contribution in [-0.4, -0.2) is 5.78 Å². The van der Waals surface area contributed by atoms with E-state index in [-0.39, 0.29) is 11.7 Å². The fourth-order valence-electron chi connectivity index (χ4n) is 3.45. The van der Waals surface area contributed by atoms with Crippen LogP contribution in [-0.2, 0) is 6.42 Å². The number of benzene rings is 3. The summed E-state index contributed by atoms with van der Waals surface area (Å²) >= 11 is 6.13. The van der Waals surface area contributed by atoms with E-state index in [0.29, 0.717) is 0 Å². The van der Waals surface area contributed by atoms with Crippen molar-refractivity contribution in [2.75, 3.05) is 0 Å². The second kappa shape index (κ2) is 5.68. The van der Waals surface area contributed by atoms with Crippen LogP contribution in [0.15, 0.2) is 72.8 Å². The summed E-state index contributed by atoms with van der Waals surface area (Å²) in [5.41, 5.74) is 5.03. The molecular weight excluding hydrogens is 304 g/mol. The Morgan fingerprint density at radius 2 is 1.39 bits per heavy atom. The van der Waals surface area contributed by atoms with E-state index in [4.69, 9.17) is 11.6 Å². The lowest BCUT2D eigenvalue weighted by Gasteiger charge is -2.27. The second-order valence-corrected chi connectivity index (χ2v) is 6.33. The first-order chi connectivity index (χ1) is 11.2. The molecule has 0 unspecified atom stereocenters. The summed E-state index contributed by atoms with van der Waals surface area (Å²) in [5.74, 6) is 0.303. The number of fused-ring (bicyclic) bond motifs is 2. The zero-order chi connectivity index (χ0) is 15.8. The van der Waals surface area contributed by atoms with Crippen molar-refractivity contribution in [3.05, 3.63) is 106 Å². The first-order valence-electron chi connectivity index (χ1n) is 7.71. The molecule has 0 amide bonds. The molecule has 1 nitrogen and oxygen atoms in total. The largest absolute Gasteiger partial charge is 0.289 e. The van der Waals surface area contributed by atoms with Gasteiger partial charge in [-0.25, -0.2) is 0 Å². The molecule has 3 aromatic carbocycles. The Morgan fingerprint density at radius 1 is 0.783 bits per heavy atom. The van der Waals surface area contributed by atoms with Gasteiger partial charge in [-0.15, -0.1) is 0 Å². The van der Waals surface area contributed by atoms with Crippen LogP contribution in [0.5, 0.6) is 0 Å². The maximum atomic E-state index is 12.7. The zero-order valence-corrected chi connectivity index (χ0v) is 13.3. The number of hydrogen-bond donors (Lipinski definition) is 0. The molecular formula is C21H15ClO. The molecule has 0 fully saturated rings. The number of carbonyl (C=O) groups is 1. The third-order valence-electron chi connectivity index (χ3n) is 4.49. The van der Waals surface area contributed by atoms with Gasteiger partial charge in [-0.3, -0.25) is 4.79 Å². The smallest absolute Gasteiger partial charge is 0.193 e. The highest BCUT2D eigenvalue weighted by Gasteiger charge is 2.30. The van der Waals surface area contributed by atoms with Crippen molar-refractivity contribution in [3.8, 4) is 0 Å². The lowest BCUT2D eigenvalue weighted by Crippen LogP contribution is -2.20. The molecule has 4 rings (SSSR count). The lowest BCUT2D eigenvalue weighted by molar-refractivity contribution is 0.103. The summed E-state index contributed by atoms with van der Waals surface area (Å²) < 4.78 is 0. The number of carbonyl (C=O) groups excluding carboxylic acids is 1. The van der Waals surface area contributed by atoms with E-state index >= 15 is 0 Å². The fourth-order valence-corrected chi connectivity index (χ4v) is 3.66. The topological polar surface area (TPSA) is 17.1 Å². The van der Waals surface area contributed by atoms with Crippen LogP contribution in [0, 0.1) is 0 Å². The molecule has 0 saturated carbocycles. The maximum Gasteiger partial charge on any atom is 0.193 e. The van der Waals surface area contributed by atoms with Gasteiger partial charge in [-0.1, -0.05) is 72.3 Å². The SMILES string of the molecule is O=C1c2ccccc2C(Cc2cccc(Cl)c2)c2ccccc21. The summed E-state index contributed by atoms with van der Waals surface area (Å²) in [4.78, 5) is 12.7. The van der Waals surface area contributed by atoms with Gasteiger partial charge in [-0.05, 0) is 35.2 Å². The Labute approximate surface area is 140 Å². The van der Waals surface area contributed by atoms with Crippen LogP contribution in [0.25, 0.3) is 0 Å². The van der Waals surface area contributed by atoms with Crippen molar-refractivity contribution >= 4 is 17.4 Å². The van der Waals surface area contributed by atoms with Crippen LogP contribution in [0.3, 0.4) is 0 Å². The van der Waals surface area contributed by atoms with E-state index in [2.05, 4.69) is 18.2 Å². The van der Waals surface area contributed by atoms with Gasteiger partial charge in [0.1, 0.15) is 0 Å². The molecule has 0 spiro atoms. The molecule has 2 heteroatoms.